The summed E-state index contributed by atoms with van der Waals surface area (Å²) in [4.78, 5) is 11.2. The average Bonchev–Trinajstić information content (AvgIpc) is 2.11. The fourth-order valence-electron chi connectivity index (χ4n) is 1.41. The fraction of sp³-hybridized carbons (Fsp3) is 0.727. The van der Waals surface area contributed by atoms with Gasteiger partial charge in [-0.25, -0.2) is 0 Å². The molecule has 0 aliphatic carbocycles. The predicted molar refractivity (Wildman–Crippen MR) is 54.8 cm³/mol. The van der Waals surface area contributed by atoms with Crippen LogP contribution in [0.3, 0.4) is 0 Å². The first-order chi connectivity index (χ1) is 6.17. The maximum Gasteiger partial charge on any atom is 0.158 e. The highest BCUT2D eigenvalue weighted by Gasteiger charge is 2.15. The Balaban J connectivity index is 4.27. The van der Waals surface area contributed by atoms with Crippen molar-refractivity contribution in [3.05, 3.63) is 11.6 Å². The first kappa shape index (κ1) is 12.4. The van der Waals surface area contributed by atoms with E-state index in [0.717, 1.165) is 24.8 Å². The van der Waals surface area contributed by atoms with Gasteiger partial charge in [0.1, 0.15) is 0 Å². The molecule has 0 aromatic heterocycles. The highest BCUT2D eigenvalue weighted by molar-refractivity contribution is 5.94. The number of rotatable bonds is 6. The Morgan fingerprint density at radius 2 is 2.15 bits per heavy atom. The Labute approximate surface area is 81.0 Å². The van der Waals surface area contributed by atoms with Crippen LogP contribution in [0.25, 0.3) is 0 Å². The molecule has 0 rings (SSSR count). The summed E-state index contributed by atoms with van der Waals surface area (Å²) in [6.45, 7) is 5.61. The molecule has 1 atom stereocenters. The maximum absolute atomic E-state index is 11.2. The van der Waals surface area contributed by atoms with Crippen molar-refractivity contribution in [3.63, 3.8) is 0 Å². The van der Waals surface area contributed by atoms with Gasteiger partial charge in [-0.3, -0.25) is 4.79 Å². The van der Waals surface area contributed by atoms with Crippen LogP contribution in [-0.2, 0) is 9.53 Å². The Morgan fingerprint density at radius 3 is 2.46 bits per heavy atom. The van der Waals surface area contributed by atoms with Gasteiger partial charge in [0.25, 0.3) is 0 Å². The van der Waals surface area contributed by atoms with E-state index in [1.165, 1.54) is 0 Å². The van der Waals surface area contributed by atoms with Gasteiger partial charge in [0, 0.05) is 12.7 Å². The Kier molecular flexibility index (Phi) is 6.51. The van der Waals surface area contributed by atoms with E-state index in [4.69, 9.17) is 4.74 Å². The number of methoxy groups -OCH3 is 1. The van der Waals surface area contributed by atoms with Gasteiger partial charge in [0.05, 0.1) is 6.10 Å². The van der Waals surface area contributed by atoms with Crippen molar-refractivity contribution in [1.29, 1.82) is 0 Å². The van der Waals surface area contributed by atoms with Gasteiger partial charge in [-0.15, -0.1) is 0 Å². The zero-order valence-corrected chi connectivity index (χ0v) is 9.09. The lowest BCUT2D eigenvalue weighted by Crippen LogP contribution is -2.18. The molecule has 2 heteroatoms. The molecule has 13 heavy (non-hydrogen) atoms. The molecule has 0 spiro atoms. The van der Waals surface area contributed by atoms with E-state index in [-0.39, 0.29) is 11.9 Å². The number of Topliss-reactive ketones (excluding diaryl/α,β-unsaturated/α-hetero) is 1. The van der Waals surface area contributed by atoms with Gasteiger partial charge in [0.15, 0.2) is 5.78 Å². The normalized spacial score (nSPS) is 14.3. The number of ether oxygens (including phenoxy) is 1. The van der Waals surface area contributed by atoms with Gasteiger partial charge < -0.3 is 4.74 Å². The number of hydrogen-bond donors (Lipinski definition) is 0. The predicted octanol–water partition coefficient (Wildman–Crippen LogP) is 2.73. The highest BCUT2D eigenvalue weighted by atomic mass is 16.5. The standard InChI is InChI=1S/C11H20O2/c1-5-7-8-11(13-4)10(6-2)9(3)12/h6,11H,5,7-8H2,1-4H3/b10-6-. The fourth-order valence-corrected chi connectivity index (χ4v) is 1.41. The van der Waals surface area contributed by atoms with Crippen molar-refractivity contribution < 1.29 is 9.53 Å². The van der Waals surface area contributed by atoms with Gasteiger partial charge >= 0.3 is 0 Å². The molecule has 0 saturated carbocycles. The van der Waals surface area contributed by atoms with Crippen LogP contribution in [0.5, 0.6) is 0 Å². The van der Waals surface area contributed by atoms with Crippen molar-refractivity contribution >= 4 is 5.78 Å². The molecule has 76 valence electrons. The van der Waals surface area contributed by atoms with Crippen LogP contribution < -0.4 is 0 Å². The van der Waals surface area contributed by atoms with E-state index in [9.17, 15) is 4.79 Å². The van der Waals surface area contributed by atoms with Crippen molar-refractivity contribution in [2.75, 3.05) is 7.11 Å². The number of unbranched alkanes of at least 4 members (excludes halogenated alkanes) is 1. The zero-order chi connectivity index (χ0) is 10.3. The second-order valence-electron chi connectivity index (χ2n) is 3.17. The third-order valence-corrected chi connectivity index (χ3v) is 2.17. The molecule has 0 heterocycles. The maximum atomic E-state index is 11.2. The number of carbonyl (C=O) groups excluding carboxylic acids is 1. The van der Waals surface area contributed by atoms with Crippen LogP contribution in [-0.4, -0.2) is 19.0 Å². The zero-order valence-electron chi connectivity index (χ0n) is 9.09. The molecule has 0 fully saturated rings. The minimum atomic E-state index is -0.0116. The Hall–Kier alpha value is -0.630. The summed E-state index contributed by atoms with van der Waals surface area (Å²) in [6, 6.07) is 0. The SMILES string of the molecule is C/C=C(/C(C)=O)C(CCCC)OC. The van der Waals surface area contributed by atoms with Crippen LogP contribution >= 0.6 is 0 Å². The van der Waals surface area contributed by atoms with Gasteiger partial charge in [-0.1, -0.05) is 25.8 Å². The summed E-state index contributed by atoms with van der Waals surface area (Å²) >= 11 is 0. The van der Waals surface area contributed by atoms with E-state index in [1.807, 2.05) is 13.0 Å². The van der Waals surface area contributed by atoms with Crippen LogP contribution in [0.1, 0.15) is 40.0 Å². The molecular weight excluding hydrogens is 164 g/mol. The third-order valence-electron chi connectivity index (χ3n) is 2.17. The first-order valence-corrected chi connectivity index (χ1v) is 4.87. The monoisotopic (exact) mass is 184 g/mol. The molecule has 0 aliphatic rings. The minimum Gasteiger partial charge on any atom is -0.377 e. The van der Waals surface area contributed by atoms with E-state index in [0.29, 0.717) is 0 Å². The van der Waals surface area contributed by atoms with Gasteiger partial charge in [-0.2, -0.15) is 0 Å². The van der Waals surface area contributed by atoms with E-state index >= 15 is 0 Å². The lowest BCUT2D eigenvalue weighted by atomic mass is 10.0. The van der Waals surface area contributed by atoms with E-state index < -0.39 is 0 Å². The molecule has 1 unspecified atom stereocenters. The molecule has 2 nitrogen and oxygen atoms in total. The average molecular weight is 184 g/mol. The lowest BCUT2D eigenvalue weighted by Gasteiger charge is -2.16. The van der Waals surface area contributed by atoms with Crippen LogP contribution in [0.15, 0.2) is 11.6 Å². The molecule has 0 radical (unpaired) electrons. The second-order valence-corrected chi connectivity index (χ2v) is 3.17. The Morgan fingerprint density at radius 1 is 1.54 bits per heavy atom. The van der Waals surface area contributed by atoms with Crippen molar-refractivity contribution in [3.8, 4) is 0 Å². The number of ketones is 1. The molecule has 0 aromatic carbocycles. The quantitative estimate of drug-likeness (QED) is 0.593. The van der Waals surface area contributed by atoms with Crippen LogP contribution in [0.4, 0.5) is 0 Å². The summed E-state index contributed by atoms with van der Waals surface area (Å²) in [6.07, 6.45) is 5.01. The molecule has 0 aliphatic heterocycles. The number of carbonyl (C=O) groups is 1. The van der Waals surface area contributed by atoms with Crippen LogP contribution in [0.2, 0.25) is 0 Å². The van der Waals surface area contributed by atoms with Crippen molar-refractivity contribution in [2.24, 2.45) is 0 Å². The smallest absolute Gasteiger partial charge is 0.158 e. The summed E-state index contributed by atoms with van der Waals surface area (Å²) in [5.74, 6) is 0.116. The number of hydrogen-bond acceptors (Lipinski definition) is 2. The summed E-state index contributed by atoms with van der Waals surface area (Å²) in [5.41, 5.74) is 0.802. The number of allylic oxidation sites excluding steroid dienone is 1. The summed E-state index contributed by atoms with van der Waals surface area (Å²) < 4.78 is 5.28. The Bertz CT molecular complexity index is 183. The molecule has 0 bridgehead atoms. The second kappa shape index (κ2) is 6.84. The van der Waals surface area contributed by atoms with E-state index in [2.05, 4.69) is 6.92 Å². The highest BCUT2D eigenvalue weighted by Crippen LogP contribution is 2.14. The van der Waals surface area contributed by atoms with E-state index in [1.54, 1.807) is 14.0 Å². The minimum absolute atomic E-state index is 0.0116. The molecule has 0 amide bonds. The topological polar surface area (TPSA) is 26.3 Å². The molecule has 0 aromatic rings. The molecule has 0 saturated heterocycles. The molecular formula is C11H20O2. The summed E-state index contributed by atoms with van der Waals surface area (Å²) in [7, 11) is 1.66. The first-order valence-electron chi connectivity index (χ1n) is 4.87. The third kappa shape index (κ3) is 4.23. The van der Waals surface area contributed by atoms with Gasteiger partial charge in [-0.05, 0) is 20.3 Å². The van der Waals surface area contributed by atoms with Gasteiger partial charge in [0.2, 0.25) is 0 Å². The van der Waals surface area contributed by atoms with Crippen molar-refractivity contribution in [1.82, 2.24) is 0 Å². The summed E-state index contributed by atoms with van der Waals surface area (Å²) in [5, 5.41) is 0. The van der Waals surface area contributed by atoms with Crippen LogP contribution in [0, 0.1) is 0 Å². The molecule has 0 N–H and O–H groups in total. The lowest BCUT2D eigenvalue weighted by molar-refractivity contribution is -0.114. The largest absolute Gasteiger partial charge is 0.377 e. The van der Waals surface area contributed by atoms with Crippen molar-refractivity contribution in [2.45, 2.75) is 46.1 Å².